The highest BCUT2D eigenvalue weighted by molar-refractivity contribution is 5.97. The number of carbonyl (C=O) groups excluding carboxylic acids is 1. The van der Waals surface area contributed by atoms with Crippen LogP contribution in [-0.2, 0) is 4.79 Å². The first-order valence-corrected chi connectivity index (χ1v) is 5.55. The van der Waals surface area contributed by atoms with Crippen molar-refractivity contribution in [1.82, 2.24) is 0 Å². The number of rotatable bonds is 3. The van der Waals surface area contributed by atoms with Crippen LogP contribution in [0.1, 0.15) is 18.9 Å². The van der Waals surface area contributed by atoms with Crippen LogP contribution >= 0.6 is 0 Å². The molecule has 1 aliphatic carbocycles. The quantitative estimate of drug-likeness (QED) is 0.865. The van der Waals surface area contributed by atoms with Gasteiger partial charge in [-0.1, -0.05) is 13.0 Å². The highest BCUT2D eigenvalue weighted by atomic mass is 16.5. The predicted octanol–water partition coefficient (Wildman–Crippen LogP) is 2.16. The normalized spacial score (nSPS) is 21.5. The van der Waals surface area contributed by atoms with Crippen LogP contribution in [0.15, 0.2) is 18.2 Å². The third kappa shape index (κ3) is 2.23. The van der Waals surface area contributed by atoms with Crippen LogP contribution < -0.4 is 10.1 Å². The first kappa shape index (κ1) is 11.5. The molecule has 2 unspecified atom stereocenters. The molecular weight excluding hydrogens is 216 g/mol. The summed E-state index contributed by atoms with van der Waals surface area (Å²) in [5.41, 5.74) is 0.896. The van der Waals surface area contributed by atoms with Gasteiger partial charge in [0, 0.05) is 5.92 Å². The molecule has 0 aliphatic heterocycles. The van der Waals surface area contributed by atoms with E-state index in [0.717, 1.165) is 6.42 Å². The van der Waals surface area contributed by atoms with Gasteiger partial charge in [0.1, 0.15) is 17.5 Å². The number of para-hydroxylation sites is 1. The van der Waals surface area contributed by atoms with Crippen molar-refractivity contribution < 1.29 is 9.53 Å². The Balaban J connectivity index is 2.24. The first-order chi connectivity index (χ1) is 8.17. The van der Waals surface area contributed by atoms with E-state index in [9.17, 15) is 4.79 Å². The lowest BCUT2D eigenvalue weighted by Crippen LogP contribution is -2.16. The van der Waals surface area contributed by atoms with Crippen molar-refractivity contribution in [3.05, 3.63) is 23.8 Å². The van der Waals surface area contributed by atoms with E-state index in [1.807, 2.05) is 6.92 Å². The van der Waals surface area contributed by atoms with Crippen molar-refractivity contribution in [2.45, 2.75) is 13.3 Å². The largest absolute Gasteiger partial charge is 0.495 e. The summed E-state index contributed by atoms with van der Waals surface area (Å²) in [6, 6.07) is 7.17. The Morgan fingerprint density at radius 1 is 1.59 bits per heavy atom. The Morgan fingerprint density at radius 2 is 2.29 bits per heavy atom. The molecule has 1 aromatic carbocycles. The number of benzene rings is 1. The average Bonchev–Trinajstić information content (AvgIpc) is 3.06. The number of nitrogens with zero attached hydrogens (tertiary/aromatic N) is 1. The molecule has 1 saturated carbocycles. The van der Waals surface area contributed by atoms with Crippen LogP contribution in [0.2, 0.25) is 0 Å². The van der Waals surface area contributed by atoms with Gasteiger partial charge in [0.05, 0.1) is 12.7 Å². The van der Waals surface area contributed by atoms with Crippen molar-refractivity contribution in [3.63, 3.8) is 0 Å². The van der Waals surface area contributed by atoms with E-state index in [0.29, 0.717) is 22.9 Å². The maximum atomic E-state index is 11.8. The van der Waals surface area contributed by atoms with Crippen LogP contribution in [0.3, 0.4) is 0 Å². The lowest BCUT2D eigenvalue weighted by atomic mass is 10.1. The Morgan fingerprint density at radius 3 is 2.82 bits per heavy atom. The van der Waals surface area contributed by atoms with Crippen LogP contribution in [-0.4, -0.2) is 13.0 Å². The molecule has 4 nitrogen and oxygen atoms in total. The van der Waals surface area contributed by atoms with Gasteiger partial charge in [-0.25, -0.2) is 0 Å². The fourth-order valence-corrected chi connectivity index (χ4v) is 1.83. The third-order valence-corrected chi connectivity index (χ3v) is 3.06. The molecule has 1 amide bonds. The summed E-state index contributed by atoms with van der Waals surface area (Å²) < 4.78 is 5.15. The van der Waals surface area contributed by atoms with E-state index in [1.54, 1.807) is 18.2 Å². The Labute approximate surface area is 100 Å². The molecule has 0 aromatic heterocycles. The van der Waals surface area contributed by atoms with Gasteiger partial charge in [0.15, 0.2) is 0 Å². The molecule has 2 rings (SSSR count). The summed E-state index contributed by atoms with van der Waals surface area (Å²) in [7, 11) is 1.52. The minimum Gasteiger partial charge on any atom is -0.495 e. The van der Waals surface area contributed by atoms with Gasteiger partial charge in [-0.05, 0) is 24.5 Å². The zero-order valence-corrected chi connectivity index (χ0v) is 9.86. The first-order valence-electron chi connectivity index (χ1n) is 5.55. The molecule has 0 heterocycles. The van der Waals surface area contributed by atoms with Gasteiger partial charge in [-0.3, -0.25) is 4.79 Å². The molecule has 0 spiro atoms. The maximum absolute atomic E-state index is 11.8. The Hall–Kier alpha value is -2.02. The van der Waals surface area contributed by atoms with Crippen molar-refractivity contribution in [2.24, 2.45) is 11.8 Å². The summed E-state index contributed by atoms with van der Waals surface area (Å²) in [4.78, 5) is 11.8. The lowest BCUT2D eigenvalue weighted by Gasteiger charge is -2.11. The molecule has 0 radical (unpaired) electrons. The maximum Gasteiger partial charge on any atom is 0.227 e. The van der Waals surface area contributed by atoms with E-state index in [1.165, 1.54) is 7.11 Å². The minimum absolute atomic E-state index is 0.0292. The predicted molar refractivity (Wildman–Crippen MR) is 63.6 cm³/mol. The Bertz CT molecular complexity index is 491. The van der Waals surface area contributed by atoms with Gasteiger partial charge in [0.2, 0.25) is 5.91 Å². The van der Waals surface area contributed by atoms with E-state index in [2.05, 4.69) is 11.4 Å². The monoisotopic (exact) mass is 230 g/mol. The zero-order chi connectivity index (χ0) is 12.4. The molecule has 88 valence electrons. The Kier molecular flexibility index (Phi) is 3.01. The second kappa shape index (κ2) is 4.46. The smallest absolute Gasteiger partial charge is 0.227 e. The molecule has 1 N–H and O–H groups in total. The van der Waals surface area contributed by atoms with Crippen molar-refractivity contribution in [1.29, 1.82) is 5.26 Å². The molecule has 4 heteroatoms. The average molecular weight is 230 g/mol. The van der Waals surface area contributed by atoms with Gasteiger partial charge in [0.25, 0.3) is 0 Å². The SMILES string of the molecule is COc1cccc(C#N)c1NC(=O)C1CC1C. The lowest BCUT2D eigenvalue weighted by molar-refractivity contribution is -0.117. The van der Waals surface area contributed by atoms with Crippen LogP contribution in [0.25, 0.3) is 0 Å². The molecule has 1 fully saturated rings. The van der Waals surface area contributed by atoms with E-state index in [-0.39, 0.29) is 11.8 Å². The number of hydrogen-bond donors (Lipinski definition) is 1. The third-order valence-electron chi connectivity index (χ3n) is 3.06. The topological polar surface area (TPSA) is 62.1 Å². The van der Waals surface area contributed by atoms with Crippen molar-refractivity contribution >= 4 is 11.6 Å². The van der Waals surface area contributed by atoms with E-state index >= 15 is 0 Å². The summed E-state index contributed by atoms with van der Waals surface area (Å²) in [5.74, 6) is 1.01. The van der Waals surface area contributed by atoms with Crippen LogP contribution in [0, 0.1) is 23.2 Å². The fraction of sp³-hybridized carbons (Fsp3) is 0.385. The number of nitriles is 1. The van der Waals surface area contributed by atoms with Gasteiger partial charge >= 0.3 is 0 Å². The number of anilines is 1. The van der Waals surface area contributed by atoms with E-state index in [4.69, 9.17) is 10.00 Å². The number of hydrogen-bond acceptors (Lipinski definition) is 3. The molecular formula is C13H14N2O2. The standard InChI is InChI=1S/C13H14N2O2/c1-8-6-10(8)13(16)15-12-9(7-14)4-3-5-11(12)17-2/h3-5,8,10H,6H2,1-2H3,(H,15,16). The number of nitrogens with one attached hydrogen (secondary N) is 1. The molecule has 0 bridgehead atoms. The summed E-state index contributed by atoms with van der Waals surface area (Å²) in [6.45, 7) is 2.04. The van der Waals surface area contributed by atoms with Gasteiger partial charge < -0.3 is 10.1 Å². The minimum atomic E-state index is -0.0292. The summed E-state index contributed by atoms with van der Waals surface area (Å²) in [6.07, 6.45) is 0.920. The van der Waals surface area contributed by atoms with E-state index < -0.39 is 0 Å². The van der Waals surface area contributed by atoms with Crippen molar-refractivity contribution in [3.8, 4) is 11.8 Å². The number of ether oxygens (including phenoxy) is 1. The highest BCUT2D eigenvalue weighted by Crippen LogP contribution is 2.39. The number of methoxy groups -OCH3 is 1. The summed E-state index contributed by atoms with van der Waals surface area (Å²) in [5, 5.41) is 11.8. The zero-order valence-electron chi connectivity index (χ0n) is 9.86. The van der Waals surface area contributed by atoms with Crippen molar-refractivity contribution in [2.75, 3.05) is 12.4 Å². The molecule has 0 saturated heterocycles. The molecule has 2 atom stereocenters. The van der Waals surface area contributed by atoms with Gasteiger partial charge in [-0.2, -0.15) is 5.26 Å². The second-order valence-electron chi connectivity index (χ2n) is 4.30. The highest BCUT2D eigenvalue weighted by Gasteiger charge is 2.39. The summed E-state index contributed by atoms with van der Waals surface area (Å²) >= 11 is 0. The second-order valence-corrected chi connectivity index (χ2v) is 4.30. The fourth-order valence-electron chi connectivity index (χ4n) is 1.83. The molecule has 17 heavy (non-hydrogen) atoms. The molecule has 1 aromatic rings. The van der Waals surface area contributed by atoms with Gasteiger partial charge in [-0.15, -0.1) is 0 Å². The number of amides is 1. The van der Waals surface area contributed by atoms with Crippen LogP contribution in [0.4, 0.5) is 5.69 Å². The molecule has 1 aliphatic rings. The number of carbonyl (C=O) groups is 1. The van der Waals surface area contributed by atoms with Crippen LogP contribution in [0.5, 0.6) is 5.75 Å².